The molecular weight excluding hydrogens is 949 g/mol. The van der Waals surface area contributed by atoms with Crippen LogP contribution in [0, 0.1) is 0 Å². The van der Waals surface area contributed by atoms with Crippen LogP contribution in [0.2, 0.25) is 0 Å². The van der Waals surface area contributed by atoms with Gasteiger partial charge < -0.3 is 14.2 Å². The van der Waals surface area contributed by atoms with Crippen LogP contribution in [0.4, 0.5) is 0 Å². The largest absolute Gasteiger partial charge is 0.462 e. The van der Waals surface area contributed by atoms with Gasteiger partial charge in [-0.2, -0.15) is 0 Å². The third-order valence-electron chi connectivity index (χ3n) is 16.0. The first-order valence-electron chi connectivity index (χ1n) is 34.8. The number of hydrogen-bond donors (Lipinski definition) is 0. The number of allylic oxidation sites excluding steroid dienone is 4. The molecule has 0 fully saturated rings. The number of unbranched alkanes of at least 4 members (excludes halogenated alkanes) is 50. The van der Waals surface area contributed by atoms with E-state index in [9.17, 15) is 14.4 Å². The molecule has 0 N–H and O–H groups in total. The van der Waals surface area contributed by atoms with E-state index >= 15 is 0 Å². The van der Waals surface area contributed by atoms with Gasteiger partial charge in [0.25, 0.3) is 0 Å². The number of carbonyl (C=O) groups is 3. The molecule has 6 nitrogen and oxygen atoms in total. The fourth-order valence-electron chi connectivity index (χ4n) is 10.7. The molecule has 454 valence electrons. The van der Waals surface area contributed by atoms with Gasteiger partial charge in [0, 0.05) is 19.3 Å². The second-order valence-corrected chi connectivity index (χ2v) is 23.8. The minimum absolute atomic E-state index is 0.0714. The lowest BCUT2D eigenvalue weighted by molar-refractivity contribution is -0.167. The quantitative estimate of drug-likeness (QED) is 0.0261. The Morgan fingerprint density at radius 3 is 0.727 bits per heavy atom. The van der Waals surface area contributed by atoms with Crippen molar-refractivity contribution in [1.29, 1.82) is 0 Å². The van der Waals surface area contributed by atoms with Crippen molar-refractivity contribution in [3.8, 4) is 0 Å². The predicted molar refractivity (Wildman–Crippen MR) is 335 cm³/mol. The van der Waals surface area contributed by atoms with Crippen molar-refractivity contribution in [3.63, 3.8) is 0 Å². The van der Waals surface area contributed by atoms with E-state index in [1.54, 1.807) is 0 Å². The van der Waals surface area contributed by atoms with Crippen LogP contribution in [0.15, 0.2) is 24.3 Å². The highest BCUT2D eigenvalue weighted by Crippen LogP contribution is 2.19. The van der Waals surface area contributed by atoms with E-state index in [1.807, 2.05) is 0 Å². The van der Waals surface area contributed by atoms with Crippen LogP contribution in [0.5, 0.6) is 0 Å². The van der Waals surface area contributed by atoms with Gasteiger partial charge in [-0.05, 0) is 51.4 Å². The summed E-state index contributed by atoms with van der Waals surface area (Å²) in [6.45, 7) is 6.66. The van der Waals surface area contributed by atoms with Crippen molar-refractivity contribution in [1.82, 2.24) is 0 Å². The Labute approximate surface area is 481 Å². The fourth-order valence-corrected chi connectivity index (χ4v) is 10.7. The maximum Gasteiger partial charge on any atom is 0.306 e. The van der Waals surface area contributed by atoms with Crippen LogP contribution in [0.1, 0.15) is 393 Å². The van der Waals surface area contributed by atoms with Gasteiger partial charge in [0.1, 0.15) is 13.2 Å². The SMILES string of the molecule is CCCCCC/C=C\C/C=C\CCCCCCCC(=O)OC(COC(=O)CCCCCCCCCCCC)COC(=O)CCCCCCCCCCCCCCCCCCCCCCCCCCCCCCCCCCC. The summed E-state index contributed by atoms with van der Waals surface area (Å²) >= 11 is 0. The summed E-state index contributed by atoms with van der Waals surface area (Å²) in [5, 5.41) is 0. The van der Waals surface area contributed by atoms with Crippen LogP contribution >= 0.6 is 0 Å². The normalized spacial score (nSPS) is 12.1. The monoisotopic (exact) mass is 1080 g/mol. The van der Waals surface area contributed by atoms with Gasteiger partial charge in [-0.15, -0.1) is 0 Å². The third kappa shape index (κ3) is 64.6. The lowest BCUT2D eigenvalue weighted by Gasteiger charge is -2.18. The molecule has 0 aliphatic rings. The van der Waals surface area contributed by atoms with Gasteiger partial charge in [0.05, 0.1) is 0 Å². The molecular formula is C71H134O6. The van der Waals surface area contributed by atoms with Gasteiger partial charge in [-0.3, -0.25) is 14.4 Å². The van der Waals surface area contributed by atoms with Crippen molar-refractivity contribution in [2.24, 2.45) is 0 Å². The zero-order valence-corrected chi connectivity index (χ0v) is 52.3. The number of carbonyl (C=O) groups excluding carboxylic acids is 3. The summed E-state index contributed by atoms with van der Waals surface area (Å²) in [6, 6.07) is 0. The van der Waals surface area contributed by atoms with E-state index in [0.29, 0.717) is 19.3 Å². The number of rotatable bonds is 65. The minimum Gasteiger partial charge on any atom is -0.462 e. The minimum atomic E-state index is -0.774. The Balaban J connectivity index is 4.02. The van der Waals surface area contributed by atoms with Gasteiger partial charge in [-0.25, -0.2) is 0 Å². The van der Waals surface area contributed by atoms with Crippen molar-refractivity contribution >= 4 is 17.9 Å². The van der Waals surface area contributed by atoms with Crippen molar-refractivity contribution < 1.29 is 28.6 Å². The lowest BCUT2D eigenvalue weighted by atomic mass is 10.0. The zero-order valence-electron chi connectivity index (χ0n) is 52.3. The van der Waals surface area contributed by atoms with Crippen molar-refractivity contribution in [3.05, 3.63) is 24.3 Å². The Hall–Kier alpha value is -2.11. The Morgan fingerprint density at radius 2 is 0.468 bits per heavy atom. The van der Waals surface area contributed by atoms with E-state index in [1.165, 1.54) is 276 Å². The van der Waals surface area contributed by atoms with Crippen LogP contribution in [-0.2, 0) is 28.6 Å². The number of esters is 3. The summed E-state index contributed by atoms with van der Waals surface area (Å²) in [5.74, 6) is -0.861. The third-order valence-corrected chi connectivity index (χ3v) is 16.0. The zero-order chi connectivity index (χ0) is 55.7. The lowest BCUT2D eigenvalue weighted by Crippen LogP contribution is -2.30. The molecule has 1 atom stereocenters. The smallest absolute Gasteiger partial charge is 0.306 e. The van der Waals surface area contributed by atoms with Gasteiger partial charge >= 0.3 is 17.9 Å². The molecule has 0 aliphatic heterocycles. The van der Waals surface area contributed by atoms with Crippen LogP contribution < -0.4 is 0 Å². The summed E-state index contributed by atoms with van der Waals surface area (Å²) in [5.41, 5.74) is 0. The standard InChI is InChI=1S/C71H134O6/c1-4-7-10-13-16-19-22-24-26-28-29-30-31-32-33-34-35-36-37-38-39-40-41-42-43-44-46-47-49-52-55-58-61-64-70(73)76-67-68(66-75-69(72)63-60-57-54-51-21-18-15-12-9-6-3)77-71(74)65-62-59-56-53-50-48-45-27-25-23-20-17-14-11-8-5-2/h20,23,27,45,68H,4-19,21-22,24-26,28-44,46-67H2,1-3H3/b23-20-,45-27-. The maximum absolute atomic E-state index is 12.9. The van der Waals surface area contributed by atoms with Crippen LogP contribution in [-0.4, -0.2) is 37.2 Å². The molecule has 0 saturated heterocycles. The Kier molecular flexibility index (Phi) is 64.6. The first kappa shape index (κ1) is 74.9. The molecule has 6 heteroatoms. The average molecular weight is 1080 g/mol. The highest BCUT2D eigenvalue weighted by molar-refractivity contribution is 5.71. The van der Waals surface area contributed by atoms with E-state index in [0.717, 1.165) is 77.0 Å². The first-order valence-corrected chi connectivity index (χ1v) is 34.8. The highest BCUT2D eigenvalue weighted by atomic mass is 16.6. The number of hydrogen-bond acceptors (Lipinski definition) is 6. The molecule has 77 heavy (non-hydrogen) atoms. The van der Waals surface area contributed by atoms with Crippen molar-refractivity contribution in [2.75, 3.05) is 13.2 Å². The molecule has 0 heterocycles. The molecule has 0 bridgehead atoms. The first-order chi connectivity index (χ1) is 38.0. The molecule has 0 aliphatic carbocycles. The molecule has 0 rings (SSSR count). The molecule has 0 saturated carbocycles. The second kappa shape index (κ2) is 66.4. The summed E-state index contributed by atoms with van der Waals surface area (Å²) in [6.07, 6.45) is 80.9. The molecule has 0 spiro atoms. The summed E-state index contributed by atoms with van der Waals surface area (Å²) in [4.78, 5) is 38.2. The predicted octanol–water partition coefficient (Wildman–Crippen LogP) is 23.8. The Bertz CT molecular complexity index is 1240. The molecule has 0 aromatic rings. The molecule has 0 aromatic carbocycles. The van der Waals surface area contributed by atoms with Crippen LogP contribution in [0.25, 0.3) is 0 Å². The van der Waals surface area contributed by atoms with Crippen LogP contribution in [0.3, 0.4) is 0 Å². The molecule has 0 amide bonds. The van der Waals surface area contributed by atoms with Gasteiger partial charge in [0.15, 0.2) is 6.10 Å². The topological polar surface area (TPSA) is 78.9 Å². The van der Waals surface area contributed by atoms with Gasteiger partial charge in [0.2, 0.25) is 0 Å². The maximum atomic E-state index is 12.9. The summed E-state index contributed by atoms with van der Waals surface area (Å²) in [7, 11) is 0. The van der Waals surface area contributed by atoms with E-state index < -0.39 is 6.10 Å². The highest BCUT2D eigenvalue weighted by Gasteiger charge is 2.19. The summed E-state index contributed by atoms with van der Waals surface area (Å²) < 4.78 is 16.9. The van der Waals surface area contributed by atoms with E-state index in [2.05, 4.69) is 45.1 Å². The number of ether oxygens (including phenoxy) is 3. The van der Waals surface area contributed by atoms with Crippen molar-refractivity contribution in [2.45, 2.75) is 399 Å². The Morgan fingerprint density at radius 1 is 0.260 bits per heavy atom. The molecule has 0 radical (unpaired) electrons. The second-order valence-electron chi connectivity index (χ2n) is 23.8. The van der Waals surface area contributed by atoms with Gasteiger partial charge in [-0.1, -0.05) is 347 Å². The molecule has 0 aromatic heterocycles. The molecule has 1 unspecified atom stereocenters. The van der Waals surface area contributed by atoms with E-state index in [-0.39, 0.29) is 31.1 Å². The van der Waals surface area contributed by atoms with E-state index in [4.69, 9.17) is 14.2 Å². The average Bonchev–Trinajstić information content (AvgIpc) is 3.43. The fraction of sp³-hybridized carbons (Fsp3) is 0.901.